The number of hydrogen-bond acceptors (Lipinski definition) is 2. The number of nitrogens with one attached hydrogen (secondary N) is 1. The molecule has 2 aromatic carbocycles. The molecule has 6 heteroatoms. The van der Waals surface area contributed by atoms with Crippen LogP contribution in [0.2, 0.25) is 10.0 Å². The average Bonchev–Trinajstić information content (AvgIpc) is 3.25. The number of rotatable bonds is 8. The second-order valence-electron chi connectivity index (χ2n) is 7.91. The molecule has 0 radical (unpaired) electrons. The SMILES string of the molecule is C[C@H](C(=O)NC1CCCC1)N(Cc1ccc(Cl)cc1Cl)C(=O)CCc1ccccc1. The molecular formula is C24H28Cl2N2O2. The van der Waals surface area contributed by atoms with E-state index in [1.165, 1.54) is 0 Å². The van der Waals surface area contributed by atoms with Gasteiger partial charge in [-0.2, -0.15) is 0 Å². The Bertz CT molecular complexity index is 867. The summed E-state index contributed by atoms with van der Waals surface area (Å²) in [7, 11) is 0. The van der Waals surface area contributed by atoms with E-state index in [9.17, 15) is 9.59 Å². The van der Waals surface area contributed by atoms with Crippen molar-refractivity contribution in [2.45, 2.75) is 64.1 Å². The fraction of sp³-hybridized carbons (Fsp3) is 0.417. The van der Waals surface area contributed by atoms with Gasteiger partial charge >= 0.3 is 0 Å². The summed E-state index contributed by atoms with van der Waals surface area (Å²) in [6.07, 6.45) is 5.24. The Morgan fingerprint density at radius 2 is 1.80 bits per heavy atom. The van der Waals surface area contributed by atoms with Crippen molar-refractivity contribution in [3.63, 3.8) is 0 Å². The van der Waals surface area contributed by atoms with Crippen LogP contribution in [0.25, 0.3) is 0 Å². The second-order valence-corrected chi connectivity index (χ2v) is 8.75. The summed E-state index contributed by atoms with van der Waals surface area (Å²) in [6.45, 7) is 2.05. The summed E-state index contributed by atoms with van der Waals surface area (Å²) in [5.41, 5.74) is 1.87. The highest BCUT2D eigenvalue weighted by atomic mass is 35.5. The molecule has 1 atom stereocenters. The number of aryl methyl sites for hydroxylation is 1. The van der Waals surface area contributed by atoms with Crippen molar-refractivity contribution in [3.8, 4) is 0 Å². The Kier molecular flexibility index (Phi) is 8.17. The van der Waals surface area contributed by atoms with Gasteiger partial charge in [-0.1, -0.05) is 72.4 Å². The van der Waals surface area contributed by atoms with Gasteiger partial charge in [-0.25, -0.2) is 0 Å². The van der Waals surface area contributed by atoms with Crippen LogP contribution in [-0.4, -0.2) is 28.8 Å². The average molecular weight is 447 g/mol. The molecule has 3 rings (SSSR count). The van der Waals surface area contributed by atoms with E-state index in [1.807, 2.05) is 36.4 Å². The smallest absolute Gasteiger partial charge is 0.242 e. The normalized spacial score (nSPS) is 15.0. The Balaban J connectivity index is 1.73. The zero-order valence-electron chi connectivity index (χ0n) is 17.2. The Hall–Kier alpha value is -2.04. The highest BCUT2D eigenvalue weighted by molar-refractivity contribution is 6.35. The number of nitrogens with zero attached hydrogens (tertiary/aromatic N) is 1. The highest BCUT2D eigenvalue weighted by Gasteiger charge is 2.28. The van der Waals surface area contributed by atoms with E-state index in [0.717, 1.165) is 36.8 Å². The third kappa shape index (κ3) is 6.23. The molecule has 0 unspecified atom stereocenters. The molecule has 2 aromatic rings. The van der Waals surface area contributed by atoms with Gasteiger partial charge in [-0.3, -0.25) is 9.59 Å². The Morgan fingerprint density at radius 3 is 2.47 bits per heavy atom. The third-order valence-corrected chi connectivity index (χ3v) is 6.28. The number of benzene rings is 2. The zero-order valence-corrected chi connectivity index (χ0v) is 18.8. The lowest BCUT2D eigenvalue weighted by atomic mass is 10.1. The lowest BCUT2D eigenvalue weighted by Gasteiger charge is -2.30. The predicted octanol–water partition coefficient (Wildman–Crippen LogP) is 5.40. The van der Waals surface area contributed by atoms with Crippen LogP contribution in [0.5, 0.6) is 0 Å². The van der Waals surface area contributed by atoms with E-state index in [4.69, 9.17) is 23.2 Å². The largest absolute Gasteiger partial charge is 0.352 e. The van der Waals surface area contributed by atoms with Gasteiger partial charge in [-0.15, -0.1) is 0 Å². The summed E-state index contributed by atoms with van der Waals surface area (Å²) >= 11 is 12.4. The maximum atomic E-state index is 13.2. The first kappa shape index (κ1) is 22.6. The van der Waals surface area contributed by atoms with Gasteiger partial charge in [0.25, 0.3) is 0 Å². The maximum Gasteiger partial charge on any atom is 0.242 e. The minimum atomic E-state index is -0.583. The van der Waals surface area contributed by atoms with Crippen molar-refractivity contribution in [3.05, 3.63) is 69.7 Å². The van der Waals surface area contributed by atoms with Crippen LogP contribution in [0.4, 0.5) is 0 Å². The predicted molar refractivity (Wildman–Crippen MR) is 122 cm³/mol. The Labute approximate surface area is 188 Å². The van der Waals surface area contributed by atoms with Crippen molar-refractivity contribution < 1.29 is 9.59 Å². The summed E-state index contributed by atoms with van der Waals surface area (Å²) in [4.78, 5) is 27.7. The molecule has 1 fully saturated rings. The molecule has 1 aliphatic carbocycles. The lowest BCUT2D eigenvalue weighted by molar-refractivity contribution is -0.140. The topological polar surface area (TPSA) is 49.4 Å². The number of carbonyl (C=O) groups excluding carboxylic acids is 2. The van der Waals surface area contributed by atoms with E-state index in [1.54, 1.807) is 24.0 Å². The molecule has 0 aromatic heterocycles. The standard InChI is InChI=1S/C24H28Cl2N2O2/c1-17(24(30)27-21-9-5-6-10-21)28(16-19-12-13-20(25)15-22(19)26)23(29)14-11-18-7-3-2-4-8-18/h2-4,7-8,12-13,15,17,21H,5-6,9-11,14,16H2,1H3,(H,27,30)/t17-/m1/s1. The van der Waals surface area contributed by atoms with Crippen molar-refractivity contribution in [1.82, 2.24) is 10.2 Å². The van der Waals surface area contributed by atoms with Gasteiger partial charge in [0.15, 0.2) is 0 Å². The second kappa shape index (κ2) is 10.8. The van der Waals surface area contributed by atoms with Gasteiger partial charge < -0.3 is 10.2 Å². The van der Waals surface area contributed by atoms with Gasteiger partial charge in [0.2, 0.25) is 11.8 Å². The molecule has 0 heterocycles. The van der Waals surface area contributed by atoms with Crippen LogP contribution in [0.15, 0.2) is 48.5 Å². The molecule has 1 saturated carbocycles. The van der Waals surface area contributed by atoms with Crippen LogP contribution < -0.4 is 5.32 Å². The first-order chi connectivity index (χ1) is 14.4. The number of hydrogen-bond donors (Lipinski definition) is 1. The lowest BCUT2D eigenvalue weighted by Crippen LogP contribution is -2.49. The van der Waals surface area contributed by atoms with Crippen molar-refractivity contribution in [1.29, 1.82) is 0 Å². The molecule has 0 aliphatic heterocycles. The molecule has 0 spiro atoms. The fourth-order valence-electron chi connectivity index (χ4n) is 3.85. The minimum Gasteiger partial charge on any atom is -0.352 e. The van der Waals surface area contributed by atoms with Crippen LogP contribution in [0.1, 0.15) is 50.2 Å². The van der Waals surface area contributed by atoms with Crippen LogP contribution in [0, 0.1) is 0 Å². The third-order valence-electron chi connectivity index (χ3n) is 5.70. The molecule has 160 valence electrons. The van der Waals surface area contributed by atoms with E-state index in [0.29, 0.717) is 22.9 Å². The molecule has 0 saturated heterocycles. The summed E-state index contributed by atoms with van der Waals surface area (Å²) in [5, 5.41) is 4.14. The molecule has 2 amide bonds. The molecule has 1 aliphatic rings. The molecule has 30 heavy (non-hydrogen) atoms. The van der Waals surface area contributed by atoms with Crippen molar-refractivity contribution >= 4 is 35.0 Å². The van der Waals surface area contributed by atoms with E-state index in [2.05, 4.69) is 5.32 Å². The van der Waals surface area contributed by atoms with Crippen LogP contribution in [-0.2, 0) is 22.6 Å². The summed E-state index contributed by atoms with van der Waals surface area (Å²) in [5.74, 6) is -0.181. The Morgan fingerprint density at radius 1 is 1.10 bits per heavy atom. The zero-order chi connectivity index (χ0) is 21.5. The molecule has 1 N–H and O–H groups in total. The summed E-state index contributed by atoms with van der Waals surface area (Å²) in [6, 6.07) is 14.7. The highest BCUT2D eigenvalue weighted by Crippen LogP contribution is 2.24. The first-order valence-corrected chi connectivity index (χ1v) is 11.3. The van der Waals surface area contributed by atoms with Crippen LogP contribution >= 0.6 is 23.2 Å². The first-order valence-electron chi connectivity index (χ1n) is 10.5. The molecular weight excluding hydrogens is 419 g/mol. The maximum absolute atomic E-state index is 13.2. The van der Waals surface area contributed by atoms with Crippen molar-refractivity contribution in [2.24, 2.45) is 0 Å². The molecule has 4 nitrogen and oxygen atoms in total. The van der Waals surface area contributed by atoms with Gasteiger partial charge in [0.1, 0.15) is 6.04 Å². The van der Waals surface area contributed by atoms with E-state index >= 15 is 0 Å². The fourth-order valence-corrected chi connectivity index (χ4v) is 4.32. The van der Waals surface area contributed by atoms with Gasteiger partial charge in [0, 0.05) is 29.1 Å². The quantitative estimate of drug-likeness (QED) is 0.589. The number of amides is 2. The minimum absolute atomic E-state index is 0.0704. The van der Waals surface area contributed by atoms with Gasteiger partial charge in [-0.05, 0) is 49.4 Å². The van der Waals surface area contributed by atoms with Crippen LogP contribution in [0.3, 0.4) is 0 Å². The number of carbonyl (C=O) groups is 2. The van der Waals surface area contributed by atoms with E-state index < -0.39 is 6.04 Å². The van der Waals surface area contributed by atoms with E-state index in [-0.39, 0.29) is 24.4 Å². The monoisotopic (exact) mass is 446 g/mol. The molecule has 0 bridgehead atoms. The number of halogens is 2. The summed E-state index contributed by atoms with van der Waals surface area (Å²) < 4.78 is 0. The van der Waals surface area contributed by atoms with Gasteiger partial charge in [0.05, 0.1) is 0 Å². The van der Waals surface area contributed by atoms with Crippen molar-refractivity contribution in [2.75, 3.05) is 0 Å².